The van der Waals surface area contributed by atoms with Gasteiger partial charge in [-0.25, -0.2) is 0 Å². The average Bonchev–Trinajstić information content (AvgIpc) is 1.76. The average molecular weight is 1200 g/mol. The maximum absolute atomic E-state index is 13.6. The SMILES string of the molecule is C=CCO[C@@H]1O[C@@H](C)[C@H](OCc2ccccc2)[C@@H](OCc2ccccc2)[C@H]1O[C@H]1O[C@H](COCc2ccccc2)[C@@H](O[C@@H]2O[C@@H]3CO[C@@H](c4ccccc4)O[C@H]3[C@H](OCc3ccccc3)[C@H]2OC(C)=O)[C@H](OCc2ccccc2)[C@H]1OCc1ccccc1. The van der Waals surface area contributed by atoms with Crippen LogP contribution in [0.1, 0.15) is 59.1 Å². The summed E-state index contributed by atoms with van der Waals surface area (Å²) in [6.07, 6.45) is -13.9. The van der Waals surface area contributed by atoms with Crippen molar-refractivity contribution in [3.63, 3.8) is 0 Å². The minimum absolute atomic E-state index is 0.0583. The van der Waals surface area contributed by atoms with Crippen molar-refractivity contribution in [3.8, 4) is 0 Å². The third kappa shape index (κ3) is 16.9. The van der Waals surface area contributed by atoms with Gasteiger partial charge in [0.25, 0.3) is 0 Å². The van der Waals surface area contributed by atoms with E-state index in [1.807, 2.05) is 219 Å². The summed E-state index contributed by atoms with van der Waals surface area (Å²) in [5.74, 6) is -0.593. The molecule has 0 spiro atoms. The molecule has 16 nitrogen and oxygen atoms in total. The quantitative estimate of drug-likeness (QED) is 0.0337. The highest BCUT2D eigenvalue weighted by Crippen LogP contribution is 2.41. The van der Waals surface area contributed by atoms with E-state index in [0.29, 0.717) is 0 Å². The number of hydrogen-bond donors (Lipinski definition) is 0. The molecule has 4 fully saturated rings. The second-order valence-corrected chi connectivity index (χ2v) is 22.2. The van der Waals surface area contributed by atoms with Crippen LogP contribution in [0.5, 0.6) is 0 Å². The smallest absolute Gasteiger partial charge is 0.303 e. The summed E-state index contributed by atoms with van der Waals surface area (Å²) in [7, 11) is 0. The van der Waals surface area contributed by atoms with Gasteiger partial charge >= 0.3 is 5.97 Å². The fourth-order valence-electron chi connectivity index (χ4n) is 11.4. The molecule has 0 amide bonds. The molecule has 0 N–H and O–H groups in total. The van der Waals surface area contributed by atoms with Crippen molar-refractivity contribution >= 4 is 5.97 Å². The topological polar surface area (TPSA) is 156 Å². The van der Waals surface area contributed by atoms with Crippen LogP contribution >= 0.6 is 0 Å². The zero-order chi connectivity index (χ0) is 60.3. The predicted octanol–water partition coefficient (Wildman–Crippen LogP) is 11.3. The zero-order valence-electron chi connectivity index (χ0n) is 49.6. The fraction of sp³-hybridized carbons (Fsp3) is 0.375. The van der Waals surface area contributed by atoms with Gasteiger partial charge < -0.3 is 71.1 Å². The van der Waals surface area contributed by atoms with Crippen molar-refractivity contribution in [2.24, 2.45) is 0 Å². The van der Waals surface area contributed by atoms with Gasteiger partial charge in [-0.2, -0.15) is 0 Å². The highest BCUT2D eigenvalue weighted by molar-refractivity contribution is 5.66. The Bertz CT molecular complexity index is 3140. The molecule has 4 aliphatic heterocycles. The second-order valence-electron chi connectivity index (χ2n) is 22.2. The first-order chi connectivity index (χ1) is 43.3. The van der Waals surface area contributed by atoms with E-state index >= 15 is 0 Å². The Morgan fingerprint density at radius 1 is 0.443 bits per heavy atom. The van der Waals surface area contributed by atoms with Gasteiger partial charge in [-0.05, 0) is 40.3 Å². The second kappa shape index (κ2) is 32.1. The van der Waals surface area contributed by atoms with Crippen LogP contribution in [-0.4, -0.2) is 118 Å². The minimum Gasteiger partial charge on any atom is -0.454 e. The van der Waals surface area contributed by atoms with Gasteiger partial charge in [0.15, 0.2) is 31.3 Å². The monoisotopic (exact) mass is 1200 g/mol. The van der Waals surface area contributed by atoms with Crippen molar-refractivity contribution in [1.29, 1.82) is 0 Å². The van der Waals surface area contributed by atoms with E-state index in [1.165, 1.54) is 6.92 Å². The lowest BCUT2D eigenvalue weighted by molar-refractivity contribution is -0.404. The fourth-order valence-corrected chi connectivity index (χ4v) is 11.4. The van der Waals surface area contributed by atoms with Gasteiger partial charge in [-0.3, -0.25) is 4.79 Å². The summed E-state index contributed by atoms with van der Waals surface area (Å²) in [6.45, 7) is 8.44. The lowest BCUT2D eigenvalue weighted by Crippen LogP contribution is -2.68. The summed E-state index contributed by atoms with van der Waals surface area (Å²) in [4.78, 5) is 13.6. The number of hydrogen-bond acceptors (Lipinski definition) is 16. The van der Waals surface area contributed by atoms with Gasteiger partial charge in [0.05, 0.1) is 65.6 Å². The number of esters is 1. The first-order valence-corrected chi connectivity index (χ1v) is 30.2. The van der Waals surface area contributed by atoms with E-state index in [2.05, 4.69) is 6.58 Å². The molecule has 0 bridgehead atoms. The number of carbonyl (C=O) groups excluding carboxylic acids is 1. The van der Waals surface area contributed by atoms with Crippen molar-refractivity contribution in [3.05, 3.63) is 264 Å². The number of carbonyl (C=O) groups is 1. The first-order valence-electron chi connectivity index (χ1n) is 30.2. The van der Waals surface area contributed by atoms with E-state index in [9.17, 15) is 4.79 Å². The maximum Gasteiger partial charge on any atom is 0.303 e. The Morgan fingerprint density at radius 3 is 1.35 bits per heavy atom. The molecule has 0 saturated carbocycles. The van der Waals surface area contributed by atoms with E-state index in [4.69, 9.17) is 71.1 Å². The molecule has 462 valence electrons. The molecule has 0 radical (unpaired) electrons. The maximum atomic E-state index is 13.6. The van der Waals surface area contributed by atoms with E-state index < -0.39 is 104 Å². The summed E-state index contributed by atoms with van der Waals surface area (Å²) in [6, 6.07) is 68.7. The van der Waals surface area contributed by atoms with E-state index in [0.717, 1.165) is 38.9 Å². The molecule has 0 aromatic heterocycles. The van der Waals surface area contributed by atoms with Gasteiger partial charge in [0, 0.05) is 12.5 Å². The molecular weight excluding hydrogens is 1120 g/mol. The Hall–Kier alpha value is -6.81. The summed E-state index contributed by atoms with van der Waals surface area (Å²) in [5.41, 5.74) is 6.27. The van der Waals surface area contributed by atoms with Crippen LogP contribution < -0.4 is 0 Å². The third-order valence-electron chi connectivity index (χ3n) is 15.8. The van der Waals surface area contributed by atoms with Crippen molar-refractivity contribution in [2.75, 3.05) is 19.8 Å². The Balaban J connectivity index is 0.999. The predicted molar refractivity (Wildman–Crippen MR) is 324 cm³/mol. The molecule has 16 atom stereocenters. The molecule has 11 rings (SSSR count). The lowest BCUT2D eigenvalue weighted by Gasteiger charge is -2.52. The molecule has 4 aliphatic rings. The van der Waals surface area contributed by atoms with Crippen molar-refractivity contribution < 1.29 is 75.8 Å². The van der Waals surface area contributed by atoms with Gasteiger partial charge in [-0.1, -0.05) is 218 Å². The van der Waals surface area contributed by atoms with Crippen LogP contribution in [0.25, 0.3) is 0 Å². The van der Waals surface area contributed by atoms with Crippen LogP contribution in [0.3, 0.4) is 0 Å². The highest BCUT2D eigenvalue weighted by Gasteiger charge is 2.58. The number of benzene rings is 7. The largest absolute Gasteiger partial charge is 0.454 e. The van der Waals surface area contributed by atoms with E-state index in [-0.39, 0.29) is 59.5 Å². The molecule has 88 heavy (non-hydrogen) atoms. The molecule has 4 saturated heterocycles. The van der Waals surface area contributed by atoms with Crippen LogP contribution in [0.15, 0.2) is 225 Å². The number of fused-ring (bicyclic) bond motifs is 1. The van der Waals surface area contributed by atoms with E-state index in [1.54, 1.807) is 6.08 Å². The van der Waals surface area contributed by atoms with Crippen LogP contribution in [0.4, 0.5) is 0 Å². The molecule has 7 aromatic rings. The van der Waals surface area contributed by atoms with Crippen LogP contribution in [-0.2, 0) is 115 Å². The van der Waals surface area contributed by atoms with Crippen molar-refractivity contribution in [1.82, 2.24) is 0 Å². The Labute approximate surface area is 515 Å². The Morgan fingerprint density at radius 2 is 0.864 bits per heavy atom. The first kappa shape index (κ1) is 62.8. The van der Waals surface area contributed by atoms with Gasteiger partial charge in [-0.15, -0.1) is 6.58 Å². The van der Waals surface area contributed by atoms with Crippen LogP contribution in [0.2, 0.25) is 0 Å². The molecule has 7 aromatic carbocycles. The Kier molecular flexibility index (Phi) is 22.9. The minimum atomic E-state index is -1.34. The normalized spacial score (nSPS) is 28.7. The van der Waals surface area contributed by atoms with Gasteiger partial charge in [0.2, 0.25) is 0 Å². The number of ether oxygens (including phenoxy) is 15. The summed E-state index contributed by atoms with van der Waals surface area (Å²) in [5, 5.41) is 0. The molecule has 0 unspecified atom stereocenters. The molecule has 0 aliphatic carbocycles. The third-order valence-corrected chi connectivity index (χ3v) is 15.8. The lowest BCUT2D eigenvalue weighted by atomic mass is 9.95. The summed E-state index contributed by atoms with van der Waals surface area (Å²) < 4.78 is 104. The molecule has 16 heteroatoms. The molecular formula is C72H78O16. The van der Waals surface area contributed by atoms with Gasteiger partial charge in [0.1, 0.15) is 61.0 Å². The molecule has 4 heterocycles. The summed E-state index contributed by atoms with van der Waals surface area (Å²) >= 11 is 0. The highest BCUT2D eigenvalue weighted by atomic mass is 16.8. The van der Waals surface area contributed by atoms with Crippen molar-refractivity contribution in [2.45, 2.75) is 152 Å². The van der Waals surface area contributed by atoms with Crippen LogP contribution in [0, 0.1) is 0 Å². The zero-order valence-corrected chi connectivity index (χ0v) is 49.6. The number of rotatable bonds is 28. The standard InChI is InChI=1S/C72H78O16/c1-4-40-75-70-67(63(77-43-53-30-16-7-17-31-53)60(49(2)82-70)76-42-52-28-14-6-15-29-52)88-71-66(80-46-56-36-22-10-23-37-56)64(78-44-54-32-18-8-19-33-54)61(58(84-71)47-74-41-51-26-12-5-13-27-51)87-72-68(83-50(3)73)65(79-45-55-34-20-9-21-35-55)62-59(85-72)48-81-69(86-62)57-38-24-11-25-39-57/h4-39,49,58-72H,1,40-48H2,2-3H3/t49-,58+,59+,60-,61+,62+,63+,64-,65-,66+,67+,68+,69+,70+,71+,72-/m0/s1.